The van der Waals surface area contributed by atoms with Gasteiger partial charge in [-0.25, -0.2) is 0 Å². The summed E-state index contributed by atoms with van der Waals surface area (Å²) in [6.07, 6.45) is 0. The van der Waals surface area contributed by atoms with Crippen molar-refractivity contribution in [1.29, 1.82) is 0 Å². The summed E-state index contributed by atoms with van der Waals surface area (Å²) in [6, 6.07) is 16.3. The van der Waals surface area contributed by atoms with Crippen molar-refractivity contribution in [3.05, 3.63) is 59.7 Å². The molecule has 0 aliphatic carbocycles. The number of aromatic nitrogens is 2. The molecule has 2 heterocycles. The van der Waals surface area contributed by atoms with Crippen LogP contribution in [0.15, 0.2) is 48.5 Å². The Hall–Kier alpha value is -2.52. The summed E-state index contributed by atoms with van der Waals surface area (Å²) in [5.74, 6) is 0. The molecule has 0 spiro atoms. The molecule has 0 radical (unpaired) electrons. The minimum atomic E-state index is 0.0220. The Balaban J connectivity index is 2.06. The highest BCUT2D eigenvalue weighted by molar-refractivity contribution is 5.95. The van der Waals surface area contributed by atoms with Crippen LogP contribution in [0.2, 0.25) is 0 Å². The van der Waals surface area contributed by atoms with E-state index in [1.165, 1.54) is 10.9 Å². The van der Waals surface area contributed by atoms with E-state index in [9.17, 15) is 5.11 Å². The summed E-state index contributed by atoms with van der Waals surface area (Å²) in [7, 11) is 0. The maximum absolute atomic E-state index is 9.80. The molecule has 21 heavy (non-hydrogen) atoms. The van der Waals surface area contributed by atoms with Gasteiger partial charge in [0.25, 0.3) is 0 Å². The van der Waals surface area contributed by atoms with Crippen molar-refractivity contribution in [2.45, 2.75) is 13.5 Å². The molecule has 3 N–H and O–H groups in total. The monoisotopic (exact) mass is 276 g/mol. The Morgan fingerprint density at radius 2 is 1.38 bits per heavy atom. The lowest BCUT2D eigenvalue weighted by Crippen LogP contribution is -1.88. The quantitative estimate of drug-likeness (QED) is 0.507. The van der Waals surface area contributed by atoms with E-state index in [2.05, 4.69) is 29.0 Å². The van der Waals surface area contributed by atoms with Gasteiger partial charge in [-0.1, -0.05) is 36.4 Å². The molecule has 104 valence electrons. The second-order valence-corrected chi connectivity index (χ2v) is 5.35. The number of para-hydroxylation sites is 2. The van der Waals surface area contributed by atoms with E-state index in [-0.39, 0.29) is 6.61 Å². The first-order valence-electron chi connectivity index (χ1n) is 7.07. The van der Waals surface area contributed by atoms with Gasteiger partial charge in [0, 0.05) is 27.4 Å². The molecule has 2 aromatic heterocycles. The van der Waals surface area contributed by atoms with E-state index < -0.39 is 0 Å². The molecule has 0 fully saturated rings. The summed E-state index contributed by atoms with van der Waals surface area (Å²) in [6.45, 7) is 2.13. The zero-order valence-corrected chi connectivity index (χ0v) is 11.8. The third kappa shape index (κ3) is 1.71. The second kappa shape index (κ2) is 4.50. The fourth-order valence-corrected chi connectivity index (χ4v) is 3.11. The Morgan fingerprint density at radius 3 is 2.05 bits per heavy atom. The van der Waals surface area contributed by atoms with Gasteiger partial charge >= 0.3 is 0 Å². The summed E-state index contributed by atoms with van der Waals surface area (Å²) >= 11 is 0. The van der Waals surface area contributed by atoms with Crippen molar-refractivity contribution in [2.75, 3.05) is 0 Å². The third-order valence-corrected chi connectivity index (χ3v) is 4.19. The Bertz CT molecular complexity index is 946. The second-order valence-electron chi connectivity index (χ2n) is 5.35. The lowest BCUT2D eigenvalue weighted by molar-refractivity contribution is 0.284. The largest absolute Gasteiger partial charge is 0.392 e. The number of nitrogens with one attached hydrogen (secondary N) is 2. The van der Waals surface area contributed by atoms with Crippen molar-refractivity contribution in [2.24, 2.45) is 0 Å². The molecule has 0 aliphatic rings. The lowest BCUT2D eigenvalue weighted by Gasteiger charge is -2.01. The van der Waals surface area contributed by atoms with Gasteiger partial charge in [0.2, 0.25) is 0 Å². The van der Waals surface area contributed by atoms with Crippen LogP contribution in [0.25, 0.3) is 33.2 Å². The minimum Gasteiger partial charge on any atom is -0.392 e. The fraction of sp³-hybridized carbons (Fsp3) is 0.111. The van der Waals surface area contributed by atoms with E-state index in [0.717, 1.165) is 33.4 Å². The van der Waals surface area contributed by atoms with Crippen LogP contribution >= 0.6 is 0 Å². The highest BCUT2D eigenvalue weighted by Gasteiger charge is 2.16. The molecule has 0 atom stereocenters. The first kappa shape index (κ1) is 12.2. The molecule has 0 bridgehead atoms. The van der Waals surface area contributed by atoms with Gasteiger partial charge < -0.3 is 15.1 Å². The number of fused-ring (bicyclic) bond motifs is 2. The highest BCUT2D eigenvalue weighted by atomic mass is 16.3. The maximum atomic E-state index is 9.80. The number of aliphatic hydroxyl groups is 1. The number of H-pyrrole nitrogens is 2. The Kier molecular flexibility index (Phi) is 2.62. The molecular formula is C18H16N2O. The number of benzene rings is 2. The molecule has 2 aromatic carbocycles. The van der Waals surface area contributed by atoms with Gasteiger partial charge in [0.05, 0.1) is 18.0 Å². The van der Waals surface area contributed by atoms with E-state index in [0.29, 0.717) is 0 Å². The van der Waals surface area contributed by atoms with Crippen molar-refractivity contribution in [1.82, 2.24) is 9.97 Å². The predicted molar refractivity (Wildman–Crippen MR) is 86.3 cm³/mol. The molecule has 4 rings (SSSR count). The van der Waals surface area contributed by atoms with Crippen LogP contribution < -0.4 is 0 Å². The smallest absolute Gasteiger partial charge is 0.0709 e. The molecule has 0 aliphatic heterocycles. The van der Waals surface area contributed by atoms with Crippen molar-refractivity contribution < 1.29 is 5.11 Å². The van der Waals surface area contributed by atoms with Gasteiger partial charge in [-0.3, -0.25) is 0 Å². The minimum absolute atomic E-state index is 0.0220. The number of aryl methyl sites for hydroxylation is 1. The van der Waals surface area contributed by atoms with Crippen LogP contribution in [0.5, 0.6) is 0 Å². The summed E-state index contributed by atoms with van der Waals surface area (Å²) < 4.78 is 0. The number of aliphatic hydroxyl groups excluding tert-OH is 1. The predicted octanol–water partition coefficient (Wildman–Crippen LogP) is 4.12. The normalized spacial score (nSPS) is 11.5. The highest BCUT2D eigenvalue weighted by Crippen LogP contribution is 2.34. The van der Waals surface area contributed by atoms with Crippen molar-refractivity contribution >= 4 is 21.8 Å². The summed E-state index contributed by atoms with van der Waals surface area (Å²) in [4.78, 5) is 6.92. The van der Waals surface area contributed by atoms with Gasteiger partial charge in [-0.15, -0.1) is 0 Å². The average Bonchev–Trinajstić information content (AvgIpc) is 3.05. The molecule has 4 aromatic rings. The number of hydrogen-bond donors (Lipinski definition) is 3. The van der Waals surface area contributed by atoms with Crippen LogP contribution in [0.4, 0.5) is 0 Å². The molecule has 0 saturated carbocycles. The Labute approximate surface area is 122 Å². The van der Waals surface area contributed by atoms with E-state index in [4.69, 9.17) is 0 Å². The van der Waals surface area contributed by atoms with E-state index >= 15 is 0 Å². The molecule has 0 unspecified atom stereocenters. The lowest BCUT2D eigenvalue weighted by atomic mass is 10.1. The average molecular weight is 276 g/mol. The van der Waals surface area contributed by atoms with Gasteiger partial charge in [0.1, 0.15) is 0 Å². The van der Waals surface area contributed by atoms with Crippen molar-refractivity contribution in [3.8, 4) is 11.4 Å². The fourth-order valence-electron chi connectivity index (χ4n) is 3.11. The van der Waals surface area contributed by atoms with Crippen LogP contribution in [0, 0.1) is 6.92 Å². The molecule has 0 amide bonds. The van der Waals surface area contributed by atoms with Crippen LogP contribution in [0.1, 0.15) is 11.1 Å². The van der Waals surface area contributed by atoms with Gasteiger partial charge in [0.15, 0.2) is 0 Å². The SMILES string of the molecule is Cc1c(-c2[nH]c3ccccc3c2CO)[nH]c2ccccc12. The van der Waals surface area contributed by atoms with E-state index in [1.54, 1.807) is 0 Å². The zero-order valence-electron chi connectivity index (χ0n) is 11.8. The standard InChI is InChI=1S/C18H16N2O/c1-11-12-6-2-4-8-15(12)19-17(11)18-14(10-21)13-7-3-5-9-16(13)20-18/h2-9,19-21H,10H2,1H3. The first-order valence-corrected chi connectivity index (χ1v) is 7.07. The van der Waals surface area contributed by atoms with Gasteiger partial charge in [-0.2, -0.15) is 0 Å². The number of hydrogen-bond acceptors (Lipinski definition) is 1. The summed E-state index contributed by atoms with van der Waals surface area (Å²) in [5.41, 5.74) is 6.35. The van der Waals surface area contributed by atoms with Crippen LogP contribution in [-0.4, -0.2) is 15.1 Å². The number of aromatic amines is 2. The van der Waals surface area contributed by atoms with Crippen LogP contribution in [0.3, 0.4) is 0 Å². The maximum Gasteiger partial charge on any atom is 0.0709 e. The topological polar surface area (TPSA) is 51.8 Å². The summed E-state index contributed by atoms with van der Waals surface area (Å²) in [5, 5.41) is 12.1. The molecular weight excluding hydrogens is 260 g/mol. The Morgan fingerprint density at radius 1 is 0.810 bits per heavy atom. The molecule has 3 heteroatoms. The number of rotatable bonds is 2. The third-order valence-electron chi connectivity index (χ3n) is 4.19. The zero-order chi connectivity index (χ0) is 14.4. The van der Waals surface area contributed by atoms with E-state index in [1.807, 2.05) is 36.4 Å². The molecule has 3 nitrogen and oxygen atoms in total. The van der Waals surface area contributed by atoms with Crippen LogP contribution in [-0.2, 0) is 6.61 Å². The van der Waals surface area contributed by atoms with Crippen molar-refractivity contribution in [3.63, 3.8) is 0 Å². The first-order chi connectivity index (χ1) is 10.3. The van der Waals surface area contributed by atoms with Gasteiger partial charge in [-0.05, 0) is 24.6 Å². The molecule has 0 saturated heterocycles.